The highest BCUT2D eigenvalue weighted by atomic mass is 35.5. The molecule has 1 atom stereocenters. The Bertz CT molecular complexity index is 833. The molecule has 0 unspecified atom stereocenters. The van der Waals surface area contributed by atoms with Crippen LogP contribution in [0.25, 0.3) is 10.2 Å². The summed E-state index contributed by atoms with van der Waals surface area (Å²) in [6.07, 6.45) is 0. The fraction of sp³-hybridized carbons (Fsp3) is 0.176. The van der Waals surface area contributed by atoms with E-state index in [1.807, 2.05) is 48.5 Å². The number of halogens is 1. The fourth-order valence-electron chi connectivity index (χ4n) is 2.15. The number of fused-ring (bicyclic) bond motifs is 1. The number of thioether (sulfide) groups is 1. The van der Waals surface area contributed by atoms with Gasteiger partial charge in [0.15, 0.2) is 4.34 Å². The molecule has 0 radical (unpaired) electrons. The van der Waals surface area contributed by atoms with Gasteiger partial charge in [0.2, 0.25) is 5.91 Å². The van der Waals surface area contributed by atoms with E-state index < -0.39 is 0 Å². The van der Waals surface area contributed by atoms with Gasteiger partial charge in [0.1, 0.15) is 5.25 Å². The van der Waals surface area contributed by atoms with Gasteiger partial charge in [-0.15, -0.1) is 11.3 Å². The monoisotopic (exact) mass is 362 g/mol. The molecule has 3 nitrogen and oxygen atoms in total. The molecule has 0 aliphatic heterocycles. The Balaban J connectivity index is 1.95. The van der Waals surface area contributed by atoms with Gasteiger partial charge in [-0.2, -0.15) is 0 Å². The molecule has 2 aromatic carbocycles. The summed E-state index contributed by atoms with van der Waals surface area (Å²) >= 11 is 9.08. The molecule has 3 rings (SSSR count). The van der Waals surface area contributed by atoms with Crippen molar-refractivity contribution >= 4 is 50.8 Å². The molecule has 0 saturated carbocycles. The number of amides is 1. The molecule has 1 amide bonds. The highest BCUT2D eigenvalue weighted by Gasteiger charge is 2.25. The maximum Gasteiger partial charge on any atom is 0.240 e. The van der Waals surface area contributed by atoms with Crippen molar-refractivity contribution in [1.82, 2.24) is 9.88 Å². The Kier molecular flexibility index (Phi) is 4.90. The number of aromatic nitrogens is 1. The maximum atomic E-state index is 12.6. The average molecular weight is 363 g/mol. The number of hydrogen-bond acceptors (Lipinski definition) is 4. The molecule has 0 spiro atoms. The van der Waals surface area contributed by atoms with Gasteiger partial charge >= 0.3 is 0 Å². The standard InChI is InChI=1S/C17H15ClN2OS2/c1-20(2)16(21)15(11-6-4-3-5-7-11)23-17-19-13-10-12(18)8-9-14(13)22-17/h3-10,15H,1-2H3/t15-/m0/s1. The third-order valence-corrected chi connectivity index (χ3v) is 5.92. The van der Waals surface area contributed by atoms with Crippen molar-refractivity contribution in [2.45, 2.75) is 9.59 Å². The summed E-state index contributed by atoms with van der Waals surface area (Å²) in [7, 11) is 3.55. The second-order valence-electron chi connectivity index (χ2n) is 5.23. The van der Waals surface area contributed by atoms with Crippen LogP contribution >= 0.6 is 34.7 Å². The smallest absolute Gasteiger partial charge is 0.240 e. The Morgan fingerprint density at radius 1 is 1.22 bits per heavy atom. The summed E-state index contributed by atoms with van der Waals surface area (Å²) in [6, 6.07) is 15.5. The molecule has 0 aliphatic carbocycles. The SMILES string of the molecule is CN(C)C(=O)[C@@H](Sc1nc2cc(Cl)ccc2s1)c1ccccc1. The van der Waals surface area contributed by atoms with E-state index in [0.717, 1.165) is 20.1 Å². The van der Waals surface area contributed by atoms with E-state index in [-0.39, 0.29) is 11.2 Å². The van der Waals surface area contributed by atoms with E-state index in [9.17, 15) is 4.79 Å². The number of benzene rings is 2. The number of likely N-dealkylation sites (N-methyl/N-ethyl adjacent to an activating group) is 1. The van der Waals surface area contributed by atoms with Crippen LogP contribution in [0.1, 0.15) is 10.8 Å². The van der Waals surface area contributed by atoms with Crippen LogP contribution < -0.4 is 0 Å². The average Bonchev–Trinajstić information content (AvgIpc) is 2.94. The van der Waals surface area contributed by atoms with Gasteiger partial charge in [0.05, 0.1) is 10.2 Å². The Labute approximate surface area is 148 Å². The third-order valence-electron chi connectivity index (χ3n) is 3.32. The minimum Gasteiger partial charge on any atom is -0.348 e. The van der Waals surface area contributed by atoms with Gasteiger partial charge in [-0.1, -0.05) is 53.7 Å². The van der Waals surface area contributed by atoms with Gasteiger partial charge in [0.25, 0.3) is 0 Å². The lowest BCUT2D eigenvalue weighted by molar-refractivity contribution is -0.128. The highest BCUT2D eigenvalue weighted by Crippen LogP contribution is 2.40. The van der Waals surface area contributed by atoms with Crippen LogP contribution in [-0.2, 0) is 4.79 Å². The molecule has 1 aromatic heterocycles. The Hall–Kier alpha value is -1.56. The number of thiazole rings is 1. The largest absolute Gasteiger partial charge is 0.348 e. The van der Waals surface area contributed by atoms with Crippen molar-refractivity contribution < 1.29 is 4.79 Å². The molecule has 0 saturated heterocycles. The lowest BCUT2D eigenvalue weighted by atomic mass is 10.1. The van der Waals surface area contributed by atoms with Crippen LogP contribution in [0.4, 0.5) is 0 Å². The second kappa shape index (κ2) is 6.91. The van der Waals surface area contributed by atoms with Crippen molar-refractivity contribution in [3.8, 4) is 0 Å². The number of hydrogen-bond donors (Lipinski definition) is 0. The fourth-order valence-corrected chi connectivity index (χ4v) is 4.71. The van der Waals surface area contributed by atoms with E-state index in [2.05, 4.69) is 4.98 Å². The Morgan fingerprint density at radius 3 is 2.65 bits per heavy atom. The molecule has 118 valence electrons. The first-order valence-corrected chi connectivity index (χ1v) is 9.11. The van der Waals surface area contributed by atoms with Gasteiger partial charge in [-0.25, -0.2) is 4.98 Å². The van der Waals surface area contributed by atoms with Gasteiger partial charge in [-0.05, 0) is 23.8 Å². The second-order valence-corrected chi connectivity index (χ2v) is 8.05. The van der Waals surface area contributed by atoms with Crippen molar-refractivity contribution in [2.75, 3.05) is 14.1 Å². The summed E-state index contributed by atoms with van der Waals surface area (Å²) in [4.78, 5) is 18.8. The van der Waals surface area contributed by atoms with Crippen LogP contribution in [0.2, 0.25) is 5.02 Å². The lowest BCUT2D eigenvalue weighted by Crippen LogP contribution is -2.26. The zero-order valence-corrected chi connectivity index (χ0v) is 15.1. The first kappa shape index (κ1) is 16.3. The van der Waals surface area contributed by atoms with Gasteiger partial charge < -0.3 is 4.90 Å². The van der Waals surface area contributed by atoms with Crippen LogP contribution in [0, 0.1) is 0 Å². The van der Waals surface area contributed by atoms with E-state index in [4.69, 9.17) is 11.6 Å². The zero-order chi connectivity index (χ0) is 16.4. The number of carbonyl (C=O) groups excluding carboxylic acids is 1. The molecular formula is C17H15ClN2OS2. The van der Waals surface area contributed by atoms with Crippen molar-refractivity contribution in [2.24, 2.45) is 0 Å². The predicted octanol–water partition coefficient (Wildman–Crippen LogP) is 4.87. The molecule has 23 heavy (non-hydrogen) atoms. The maximum absolute atomic E-state index is 12.6. The van der Waals surface area contributed by atoms with E-state index in [1.54, 1.807) is 30.3 Å². The van der Waals surface area contributed by atoms with Crippen molar-refractivity contribution in [3.05, 3.63) is 59.1 Å². The van der Waals surface area contributed by atoms with Gasteiger partial charge in [0, 0.05) is 19.1 Å². The molecule has 1 heterocycles. The van der Waals surface area contributed by atoms with Crippen LogP contribution in [-0.4, -0.2) is 29.9 Å². The summed E-state index contributed by atoms with van der Waals surface area (Å²) in [5, 5.41) is 0.366. The van der Waals surface area contributed by atoms with Gasteiger partial charge in [-0.3, -0.25) is 4.79 Å². The first-order chi connectivity index (χ1) is 11.0. The third kappa shape index (κ3) is 3.68. The lowest BCUT2D eigenvalue weighted by Gasteiger charge is -2.19. The summed E-state index contributed by atoms with van der Waals surface area (Å²) in [6.45, 7) is 0. The number of rotatable bonds is 4. The van der Waals surface area contributed by atoms with Crippen molar-refractivity contribution in [1.29, 1.82) is 0 Å². The van der Waals surface area contributed by atoms with Crippen LogP contribution in [0.5, 0.6) is 0 Å². The van der Waals surface area contributed by atoms with Crippen LogP contribution in [0.15, 0.2) is 52.9 Å². The molecular weight excluding hydrogens is 348 g/mol. The molecule has 3 aromatic rings. The summed E-state index contributed by atoms with van der Waals surface area (Å²) in [5.41, 5.74) is 1.85. The quantitative estimate of drug-likeness (QED) is 0.621. The molecule has 0 fully saturated rings. The Morgan fingerprint density at radius 2 is 1.96 bits per heavy atom. The van der Waals surface area contributed by atoms with E-state index in [0.29, 0.717) is 5.02 Å². The summed E-state index contributed by atoms with van der Waals surface area (Å²) < 4.78 is 1.94. The van der Waals surface area contributed by atoms with E-state index in [1.165, 1.54) is 11.8 Å². The van der Waals surface area contributed by atoms with Crippen molar-refractivity contribution in [3.63, 3.8) is 0 Å². The number of nitrogens with zero attached hydrogens (tertiary/aromatic N) is 2. The molecule has 6 heteroatoms. The molecule has 0 N–H and O–H groups in total. The predicted molar refractivity (Wildman–Crippen MR) is 98.4 cm³/mol. The minimum atomic E-state index is -0.303. The normalized spacial score (nSPS) is 12.3. The first-order valence-electron chi connectivity index (χ1n) is 7.03. The van der Waals surface area contributed by atoms with Crippen LogP contribution in [0.3, 0.4) is 0 Å². The highest BCUT2D eigenvalue weighted by molar-refractivity contribution is 8.02. The summed E-state index contributed by atoms with van der Waals surface area (Å²) in [5.74, 6) is 0.0542. The molecule has 0 bridgehead atoms. The minimum absolute atomic E-state index is 0.0542. The zero-order valence-electron chi connectivity index (χ0n) is 12.7. The van der Waals surface area contributed by atoms with E-state index >= 15 is 0 Å². The molecule has 0 aliphatic rings. The number of carbonyl (C=O) groups is 1. The topological polar surface area (TPSA) is 33.2 Å².